The Morgan fingerprint density at radius 1 is 1.45 bits per heavy atom. The molecule has 2 rings (SSSR count). The minimum atomic E-state index is -0.484. The first-order chi connectivity index (χ1) is 9.60. The molecular weight excluding hydrogens is 262 g/mol. The smallest absolute Gasteiger partial charge is 0.269 e. The van der Waals surface area contributed by atoms with Gasteiger partial charge in [-0.25, -0.2) is 0 Å². The van der Waals surface area contributed by atoms with Gasteiger partial charge in [0, 0.05) is 23.9 Å². The number of carbonyl (C=O) groups is 1. The number of non-ortho nitro benzene ring substituents is 1. The van der Waals surface area contributed by atoms with Crippen LogP contribution in [0.4, 0.5) is 11.4 Å². The summed E-state index contributed by atoms with van der Waals surface area (Å²) in [5.74, 6) is -0.181. The summed E-state index contributed by atoms with van der Waals surface area (Å²) in [6.07, 6.45) is 1.89. The van der Waals surface area contributed by atoms with Crippen LogP contribution in [0.5, 0.6) is 0 Å². The van der Waals surface area contributed by atoms with Crippen molar-refractivity contribution in [2.45, 2.75) is 18.9 Å². The number of benzene rings is 1. The van der Waals surface area contributed by atoms with Gasteiger partial charge in [0.25, 0.3) is 5.69 Å². The second kappa shape index (κ2) is 6.44. The molecule has 1 amide bonds. The van der Waals surface area contributed by atoms with Gasteiger partial charge in [0.2, 0.25) is 5.91 Å². The Hall–Kier alpha value is -1.99. The molecule has 20 heavy (non-hydrogen) atoms. The first-order valence-electron chi connectivity index (χ1n) is 6.49. The summed E-state index contributed by atoms with van der Waals surface area (Å²) in [6, 6.07) is 5.76. The number of nitro benzene ring substituents is 1. The molecule has 0 saturated carbocycles. The molecule has 1 fully saturated rings. The maximum Gasteiger partial charge on any atom is 0.269 e. The van der Waals surface area contributed by atoms with Crippen LogP contribution in [-0.4, -0.2) is 46.6 Å². The molecule has 7 nitrogen and oxygen atoms in total. The van der Waals surface area contributed by atoms with Crippen molar-refractivity contribution in [3.05, 3.63) is 34.4 Å². The summed E-state index contributed by atoms with van der Waals surface area (Å²) < 4.78 is 0. The summed E-state index contributed by atoms with van der Waals surface area (Å²) in [7, 11) is 0. The average molecular weight is 279 g/mol. The van der Waals surface area contributed by atoms with Crippen LogP contribution in [0.2, 0.25) is 0 Å². The minimum absolute atomic E-state index is 0.0112. The van der Waals surface area contributed by atoms with E-state index in [9.17, 15) is 20.0 Å². The number of nitrogens with one attached hydrogen (secondary N) is 1. The number of hydrogen-bond donors (Lipinski definition) is 2. The lowest BCUT2D eigenvalue weighted by Gasteiger charge is -2.21. The van der Waals surface area contributed by atoms with Gasteiger partial charge >= 0.3 is 0 Å². The molecule has 1 atom stereocenters. The first-order valence-corrected chi connectivity index (χ1v) is 6.49. The van der Waals surface area contributed by atoms with E-state index in [0.29, 0.717) is 5.69 Å². The zero-order chi connectivity index (χ0) is 14.5. The van der Waals surface area contributed by atoms with Crippen LogP contribution in [0, 0.1) is 10.1 Å². The van der Waals surface area contributed by atoms with E-state index in [2.05, 4.69) is 5.32 Å². The van der Waals surface area contributed by atoms with E-state index in [0.717, 1.165) is 19.4 Å². The fourth-order valence-electron chi connectivity index (χ4n) is 2.36. The van der Waals surface area contributed by atoms with Crippen LogP contribution in [0.3, 0.4) is 0 Å². The number of nitro groups is 1. The topological polar surface area (TPSA) is 95.7 Å². The molecule has 0 aromatic heterocycles. The molecule has 1 saturated heterocycles. The number of aliphatic hydroxyl groups excluding tert-OH is 1. The first kappa shape index (κ1) is 14.4. The van der Waals surface area contributed by atoms with E-state index < -0.39 is 4.92 Å². The summed E-state index contributed by atoms with van der Waals surface area (Å²) in [5.41, 5.74) is 0.517. The molecule has 0 spiro atoms. The van der Waals surface area contributed by atoms with Crippen molar-refractivity contribution in [3.8, 4) is 0 Å². The quantitative estimate of drug-likeness (QED) is 0.619. The molecule has 1 heterocycles. The number of amides is 1. The monoisotopic (exact) mass is 279 g/mol. The second-order valence-corrected chi connectivity index (χ2v) is 4.80. The van der Waals surface area contributed by atoms with Crippen LogP contribution in [0.1, 0.15) is 12.8 Å². The highest BCUT2D eigenvalue weighted by molar-refractivity contribution is 5.92. The Labute approximate surface area is 116 Å². The lowest BCUT2D eigenvalue weighted by molar-refractivity contribution is -0.384. The summed E-state index contributed by atoms with van der Waals surface area (Å²) in [5, 5.41) is 22.4. The van der Waals surface area contributed by atoms with E-state index in [-0.39, 0.29) is 30.8 Å². The van der Waals surface area contributed by atoms with Crippen molar-refractivity contribution in [1.82, 2.24) is 4.90 Å². The highest BCUT2D eigenvalue weighted by Crippen LogP contribution is 2.18. The molecule has 1 aliphatic rings. The van der Waals surface area contributed by atoms with Crippen molar-refractivity contribution < 1.29 is 14.8 Å². The maximum absolute atomic E-state index is 11.9. The third-order valence-corrected chi connectivity index (χ3v) is 3.42. The van der Waals surface area contributed by atoms with Gasteiger partial charge in [0.05, 0.1) is 18.1 Å². The van der Waals surface area contributed by atoms with Gasteiger partial charge in [0.15, 0.2) is 0 Å². The molecule has 2 N–H and O–H groups in total. The van der Waals surface area contributed by atoms with E-state index in [1.54, 1.807) is 0 Å². The number of rotatable bonds is 5. The van der Waals surface area contributed by atoms with Crippen molar-refractivity contribution in [3.63, 3.8) is 0 Å². The van der Waals surface area contributed by atoms with Crippen LogP contribution >= 0.6 is 0 Å². The van der Waals surface area contributed by atoms with Crippen molar-refractivity contribution in [1.29, 1.82) is 0 Å². The van der Waals surface area contributed by atoms with Crippen LogP contribution in [0.15, 0.2) is 24.3 Å². The largest absolute Gasteiger partial charge is 0.395 e. The molecule has 1 aliphatic heterocycles. The van der Waals surface area contributed by atoms with E-state index in [4.69, 9.17) is 0 Å². The Balaban J connectivity index is 1.89. The lowest BCUT2D eigenvalue weighted by Crippen LogP contribution is -2.38. The molecule has 108 valence electrons. The van der Waals surface area contributed by atoms with Crippen LogP contribution in [0.25, 0.3) is 0 Å². The number of likely N-dealkylation sites (tertiary alicyclic amines) is 1. The molecule has 0 aliphatic carbocycles. The highest BCUT2D eigenvalue weighted by Gasteiger charge is 2.25. The number of anilines is 1. The SMILES string of the molecule is O=C(CN1CCCC1CO)Nc1ccc([N+](=O)[O-])cc1. The van der Waals surface area contributed by atoms with Gasteiger partial charge in [-0.05, 0) is 31.5 Å². The molecular formula is C13H17N3O4. The Morgan fingerprint density at radius 3 is 2.75 bits per heavy atom. The fraction of sp³-hybridized carbons (Fsp3) is 0.462. The Bertz CT molecular complexity index is 489. The molecule has 1 aromatic rings. The van der Waals surface area contributed by atoms with Crippen LogP contribution in [-0.2, 0) is 4.79 Å². The summed E-state index contributed by atoms with van der Waals surface area (Å²) in [6.45, 7) is 1.09. The Kier molecular flexibility index (Phi) is 4.65. The zero-order valence-corrected chi connectivity index (χ0v) is 11.0. The van der Waals surface area contributed by atoms with E-state index in [1.807, 2.05) is 4.90 Å². The fourth-order valence-corrected chi connectivity index (χ4v) is 2.36. The third kappa shape index (κ3) is 3.52. The average Bonchev–Trinajstić information content (AvgIpc) is 2.86. The second-order valence-electron chi connectivity index (χ2n) is 4.80. The van der Waals surface area contributed by atoms with E-state index >= 15 is 0 Å². The summed E-state index contributed by atoms with van der Waals surface area (Å²) in [4.78, 5) is 23.9. The Morgan fingerprint density at radius 2 is 2.15 bits per heavy atom. The van der Waals surface area contributed by atoms with Gasteiger partial charge < -0.3 is 10.4 Å². The lowest BCUT2D eigenvalue weighted by atomic mass is 10.2. The summed E-state index contributed by atoms with van der Waals surface area (Å²) >= 11 is 0. The van der Waals surface area contributed by atoms with Gasteiger partial charge in [-0.2, -0.15) is 0 Å². The number of nitrogens with zero attached hydrogens (tertiary/aromatic N) is 2. The van der Waals surface area contributed by atoms with E-state index in [1.165, 1.54) is 24.3 Å². The normalized spacial score (nSPS) is 18.9. The number of hydrogen-bond acceptors (Lipinski definition) is 5. The van der Waals surface area contributed by atoms with Gasteiger partial charge in [-0.15, -0.1) is 0 Å². The molecule has 0 radical (unpaired) electrons. The van der Waals surface area contributed by atoms with Crippen molar-refractivity contribution >= 4 is 17.3 Å². The molecule has 0 bridgehead atoms. The maximum atomic E-state index is 11.9. The highest BCUT2D eigenvalue weighted by atomic mass is 16.6. The third-order valence-electron chi connectivity index (χ3n) is 3.42. The number of carbonyl (C=O) groups excluding carboxylic acids is 1. The van der Waals surface area contributed by atoms with Gasteiger partial charge in [-0.1, -0.05) is 0 Å². The van der Waals surface area contributed by atoms with Crippen molar-refractivity contribution in [2.75, 3.05) is 25.0 Å². The minimum Gasteiger partial charge on any atom is -0.395 e. The predicted molar refractivity (Wildman–Crippen MR) is 73.4 cm³/mol. The molecule has 7 heteroatoms. The molecule has 1 aromatic carbocycles. The predicted octanol–water partition coefficient (Wildman–Crippen LogP) is 0.990. The number of aliphatic hydroxyl groups is 1. The zero-order valence-electron chi connectivity index (χ0n) is 11.0. The standard InChI is InChI=1S/C13H17N3O4/c17-9-12-2-1-7-15(12)8-13(18)14-10-3-5-11(6-4-10)16(19)20/h3-6,12,17H,1-2,7-9H2,(H,14,18). The van der Waals surface area contributed by atoms with Gasteiger partial charge in [0.1, 0.15) is 0 Å². The van der Waals surface area contributed by atoms with Crippen LogP contribution < -0.4 is 5.32 Å². The molecule has 1 unspecified atom stereocenters. The van der Waals surface area contributed by atoms with Gasteiger partial charge in [-0.3, -0.25) is 19.8 Å². The van der Waals surface area contributed by atoms with Crippen molar-refractivity contribution in [2.24, 2.45) is 0 Å².